The molecule has 0 amide bonds. The van der Waals surface area contributed by atoms with Crippen LogP contribution in [0.25, 0.3) is 0 Å². The Morgan fingerprint density at radius 1 is 1.31 bits per heavy atom. The van der Waals surface area contributed by atoms with Crippen LogP contribution in [0.5, 0.6) is 0 Å². The van der Waals surface area contributed by atoms with Crippen molar-refractivity contribution in [2.45, 2.75) is 57.5 Å². The zero-order chi connectivity index (χ0) is 9.26. The van der Waals surface area contributed by atoms with Crippen LogP contribution >= 0.6 is 0 Å². The standard InChI is InChI=1S/C11H19NO/c1-2-11(13)9-5-3-4-8-6-7-10(9)12-8/h8-10,12H,2-7H2,1H3/t8-,9+,10-/m1/s1. The highest BCUT2D eigenvalue weighted by molar-refractivity contribution is 5.81. The average Bonchev–Trinajstić information content (AvgIpc) is 2.46. The van der Waals surface area contributed by atoms with Crippen LogP contribution in [0.15, 0.2) is 0 Å². The maximum Gasteiger partial charge on any atom is 0.137 e. The van der Waals surface area contributed by atoms with Crippen molar-refractivity contribution in [1.82, 2.24) is 5.32 Å². The molecule has 2 heterocycles. The minimum Gasteiger partial charge on any atom is -0.311 e. The molecule has 2 saturated heterocycles. The zero-order valence-corrected chi connectivity index (χ0v) is 8.38. The number of carbonyl (C=O) groups is 1. The van der Waals surface area contributed by atoms with Crippen molar-refractivity contribution >= 4 is 5.78 Å². The first-order chi connectivity index (χ1) is 6.31. The van der Waals surface area contributed by atoms with Gasteiger partial charge in [-0.15, -0.1) is 0 Å². The molecule has 74 valence electrons. The molecular weight excluding hydrogens is 162 g/mol. The maximum absolute atomic E-state index is 11.7. The summed E-state index contributed by atoms with van der Waals surface area (Å²) in [4.78, 5) is 11.7. The molecule has 2 bridgehead atoms. The molecule has 0 unspecified atom stereocenters. The fraction of sp³-hybridized carbons (Fsp3) is 0.909. The van der Waals surface area contributed by atoms with Crippen molar-refractivity contribution in [3.8, 4) is 0 Å². The number of hydrogen-bond acceptors (Lipinski definition) is 2. The van der Waals surface area contributed by atoms with Gasteiger partial charge in [0.05, 0.1) is 0 Å². The Kier molecular flexibility index (Phi) is 2.68. The van der Waals surface area contributed by atoms with Crippen molar-refractivity contribution < 1.29 is 4.79 Å². The van der Waals surface area contributed by atoms with Gasteiger partial charge in [0.1, 0.15) is 5.78 Å². The first-order valence-electron chi connectivity index (χ1n) is 5.60. The van der Waals surface area contributed by atoms with E-state index in [0.29, 0.717) is 24.2 Å². The van der Waals surface area contributed by atoms with Gasteiger partial charge in [-0.3, -0.25) is 4.79 Å². The smallest absolute Gasteiger partial charge is 0.137 e. The van der Waals surface area contributed by atoms with Crippen LogP contribution in [-0.2, 0) is 4.79 Å². The highest BCUT2D eigenvalue weighted by atomic mass is 16.1. The Labute approximate surface area is 80.1 Å². The number of rotatable bonds is 2. The second-order valence-corrected chi connectivity index (χ2v) is 4.40. The predicted octanol–water partition coefficient (Wildman–Crippen LogP) is 1.89. The van der Waals surface area contributed by atoms with Crippen LogP contribution in [0.3, 0.4) is 0 Å². The van der Waals surface area contributed by atoms with Crippen molar-refractivity contribution in [2.24, 2.45) is 5.92 Å². The molecule has 2 rings (SSSR count). The molecule has 2 nitrogen and oxygen atoms in total. The Balaban J connectivity index is 2.05. The lowest BCUT2D eigenvalue weighted by Gasteiger charge is -2.20. The maximum atomic E-state index is 11.7. The number of hydrogen-bond donors (Lipinski definition) is 1. The molecule has 2 aliphatic rings. The summed E-state index contributed by atoms with van der Waals surface area (Å²) >= 11 is 0. The van der Waals surface area contributed by atoms with Gasteiger partial charge in [-0.1, -0.05) is 13.3 Å². The molecule has 1 N–H and O–H groups in total. The van der Waals surface area contributed by atoms with Crippen molar-refractivity contribution in [1.29, 1.82) is 0 Å². The van der Waals surface area contributed by atoms with Crippen LogP contribution < -0.4 is 5.32 Å². The second-order valence-electron chi connectivity index (χ2n) is 4.40. The van der Waals surface area contributed by atoms with Crippen LogP contribution in [0.2, 0.25) is 0 Å². The lowest BCUT2D eigenvalue weighted by atomic mass is 9.86. The third-order valence-electron chi connectivity index (χ3n) is 3.59. The van der Waals surface area contributed by atoms with Gasteiger partial charge in [-0.2, -0.15) is 0 Å². The van der Waals surface area contributed by atoms with Gasteiger partial charge >= 0.3 is 0 Å². The third-order valence-corrected chi connectivity index (χ3v) is 3.59. The normalized spacial score (nSPS) is 38.7. The van der Waals surface area contributed by atoms with E-state index in [4.69, 9.17) is 0 Å². The summed E-state index contributed by atoms with van der Waals surface area (Å²) < 4.78 is 0. The Hall–Kier alpha value is -0.370. The molecule has 0 aliphatic carbocycles. The molecule has 3 atom stereocenters. The van der Waals surface area contributed by atoms with E-state index < -0.39 is 0 Å². The number of carbonyl (C=O) groups excluding carboxylic acids is 1. The quantitative estimate of drug-likeness (QED) is 0.704. The fourth-order valence-corrected chi connectivity index (χ4v) is 2.83. The summed E-state index contributed by atoms with van der Waals surface area (Å²) in [7, 11) is 0. The van der Waals surface area contributed by atoms with Gasteiger partial charge in [0, 0.05) is 24.4 Å². The SMILES string of the molecule is CCC(=O)[C@H]1CCC[C@@H]2CC[C@H]1N2. The van der Waals surface area contributed by atoms with E-state index in [1.54, 1.807) is 0 Å². The van der Waals surface area contributed by atoms with Crippen molar-refractivity contribution in [3.05, 3.63) is 0 Å². The number of Topliss-reactive ketones (excluding diaryl/α,β-unsaturated/α-hetero) is 1. The van der Waals surface area contributed by atoms with Gasteiger partial charge in [-0.05, 0) is 25.7 Å². The Morgan fingerprint density at radius 2 is 2.15 bits per heavy atom. The van der Waals surface area contributed by atoms with Crippen LogP contribution in [-0.4, -0.2) is 17.9 Å². The van der Waals surface area contributed by atoms with Crippen LogP contribution in [0, 0.1) is 5.92 Å². The molecule has 0 spiro atoms. The lowest BCUT2D eigenvalue weighted by Crippen LogP contribution is -2.36. The van der Waals surface area contributed by atoms with E-state index in [1.807, 2.05) is 6.92 Å². The van der Waals surface area contributed by atoms with E-state index in [2.05, 4.69) is 5.32 Å². The van der Waals surface area contributed by atoms with Crippen LogP contribution in [0.1, 0.15) is 45.4 Å². The van der Waals surface area contributed by atoms with Gasteiger partial charge < -0.3 is 5.32 Å². The summed E-state index contributed by atoms with van der Waals surface area (Å²) in [6, 6.07) is 1.24. The number of nitrogens with one attached hydrogen (secondary N) is 1. The predicted molar refractivity (Wildman–Crippen MR) is 52.6 cm³/mol. The topological polar surface area (TPSA) is 29.1 Å². The summed E-state index contributed by atoms with van der Waals surface area (Å²) in [6.45, 7) is 1.99. The monoisotopic (exact) mass is 181 g/mol. The average molecular weight is 181 g/mol. The molecule has 0 radical (unpaired) electrons. The highest BCUT2D eigenvalue weighted by Gasteiger charge is 2.35. The molecule has 13 heavy (non-hydrogen) atoms. The molecule has 2 aliphatic heterocycles. The molecule has 0 aromatic heterocycles. The minimum absolute atomic E-state index is 0.331. The van der Waals surface area contributed by atoms with Gasteiger partial charge in [0.2, 0.25) is 0 Å². The lowest BCUT2D eigenvalue weighted by molar-refractivity contribution is -0.123. The summed E-state index contributed by atoms with van der Waals surface area (Å²) in [5.74, 6) is 0.803. The van der Waals surface area contributed by atoms with E-state index in [9.17, 15) is 4.79 Å². The molecular formula is C11H19NO. The molecule has 0 aromatic carbocycles. The molecule has 2 fully saturated rings. The summed E-state index contributed by atoms with van der Waals surface area (Å²) in [6.07, 6.45) is 6.88. The minimum atomic E-state index is 0.331. The van der Waals surface area contributed by atoms with E-state index in [-0.39, 0.29) is 0 Å². The number of fused-ring (bicyclic) bond motifs is 2. The second kappa shape index (κ2) is 3.79. The zero-order valence-electron chi connectivity index (χ0n) is 8.38. The van der Waals surface area contributed by atoms with E-state index >= 15 is 0 Å². The first kappa shape index (κ1) is 9.20. The van der Waals surface area contributed by atoms with Gasteiger partial charge in [0.15, 0.2) is 0 Å². The molecule has 0 saturated carbocycles. The molecule has 2 heteroatoms. The number of ketones is 1. The highest BCUT2D eigenvalue weighted by Crippen LogP contribution is 2.30. The van der Waals surface area contributed by atoms with Crippen molar-refractivity contribution in [3.63, 3.8) is 0 Å². The Bertz CT molecular complexity index is 202. The Morgan fingerprint density at radius 3 is 2.92 bits per heavy atom. The van der Waals surface area contributed by atoms with Crippen molar-refractivity contribution in [2.75, 3.05) is 0 Å². The third kappa shape index (κ3) is 1.78. The summed E-state index contributed by atoms with van der Waals surface area (Å²) in [5, 5.41) is 3.60. The van der Waals surface area contributed by atoms with Crippen LogP contribution in [0.4, 0.5) is 0 Å². The molecule has 0 aromatic rings. The van der Waals surface area contributed by atoms with Gasteiger partial charge in [-0.25, -0.2) is 0 Å². The van der Waals surface area contributed by atoms with Gasteiger partial charge in [0.25, 0.3) is 0 Å². The fourth-order valence-electron chi connectivity index (χ4n) is 2.83. The first-order valence-corrected chi connectivity index (χ1v) is 5.60. The van der Waals surface area contributed by atoms with E-state index in [0.717, 1.165) is 12.5 Å². The summed E-state index contributed by atoms with van der Waals surface area (Å²) in [5.41, 5.74) is 0. The van der Waals surface area contributed by atoms with E-state index in [1.165, 1.54) is 25.7 Å². The largest absolute Gasteiger partial charge is 0.311 e.